The van der Waals surface area contributed by atoms with E-state index in [-0.39, 0.29) is 12.0 Å². The molecule has 0 saturated heterocycles. The third kappa shape index (κ3) is 6.46. The molecule has 0 atom stereocenters. The predicted molar refractivity (Wildman–Crippen MR) is 122 cm³/mol. The zero-order valence-electron chi connectivity index (χ0n) is 17.6. The predicted octanol–water partition coefficient (Wildman–Crippen LogP) is 5.78. The van der Waals surface area contributed by atoms with Gasteiger partial charge in [0.15, 0.2) is 0 Å². The molecule has 1 aromatic heterocycles. The molecule has 0 spiro atoms. The van der Waals surface area contributed by atoms with E-state index in [0.717, 1.165) is 39.0 Å². The topological polar surface area (TPSA) is 60.5 Å². The number of ether oxygens (including phenoxy) is 2. The average molecular weight is 423 g/mol. The molecule has 2 aromatic carbocycles. The van der Waals surface area contributed by atoms with E-state index >= 15 is 0 Å². The summed E-state index contributed by atoms with van der Waals surface area (Å²) >= 11 is 1.61. The maximum absolute atomic E-state index is 12.3. The lowest BCUT2D eigenvalue weighted by atomic mass is 10.1. The zero-order valence-corrected chi connectivity index (χ0v) is 18.5. The molecule has 1 heterocycles. The lowest BCUT2D eigenvalue weighted by molar-refractivity contribution is -0.111. The van der Waals surface area contributed by atoms with Crippen LogP contribution in [0.3, 0.4) is 0 Å². The maximum Gasteiger partial charge on any atom is 0.248 e. The summed E-state index contributed by atoms with van der Waals surface area (Å²) in [6.45, 7) is 8.33. The summed E-state index contributed by atoms with van der Waals surface area (Å²) in [5.41, 5.74) is 3.56. The fourth-order valence-corrected chi connectivity index (χ4v) is 3.37. The third-order valence-electron chi connectivity index (χ3n) is 4.19. The number of benzene rings is 2. The molecule has 0 bridgehead atoms. The number of aryl methyl sites for hydroxylation is 2. The van der Waals surface area contributed by atoms with E-state index in [1.54, 1.807) is 17.4 Å². The van der Waals surface area contributed by atoms with Gasteiger partial charge in [0, 0.05) is 17.1 Å². The van der Waals surface area contributed by atoms with E-state index in [9.17, 15) is 4.79 Å². The second-order valence-corrected chi connectivity index (χ2v) is 8.24. The second-order valence-electron chi connectivity index (χ2n) is 7.18. The van der Waals surface area contributed by atoms with Gasteiger partial charge < -0.3 is 14.8 Å². The number of nitrogens with zero attached hydrogens (tertiary/aromatic N) is 1. The monoisotopic (exact) mass is 422 g/mol. The largest absolute Gasteiger partial charge is 0.491 e. The molecule has 6 heteroatoms. The van der Waals surface area contributed by atoms with Gasteiger partial charge in [-0.05, 0) is 75.2 Å². The Hall–Kier alpha value is -3.12. The first-order valence-electron chi connectivity index (χ1n) is 9.79. The van der Waals surface area contributed by atoms with Crippen LogP contribution in [-0.2, 0) is 11.4 Å². The first-order chi connectivity index (χ1) is 14.4. The molecule has 3 aromatic rings. The molecule has 1 amide bonds. The van der Waals surface area contributed by atoms with Crippen molar-refractivity contribution in [1.82, 2.24) is 4.98 Å². The number of anilines is 1. The number of nitrogens with one attached hydrogen (secondary N) is 1. The molecular weight excluding hydrogens is 396 g/mol. The summed E-state index contributed by atoms with van der Waals surface area (Å²) in [5.74, 6) is 1.37. The van der Waals surface area contributed by atoms with Crippen LogP contribution in [0.25, 0.3) is 6.08 Å². The van der Waals surface area contributed by atoms with Crippen LogP contribution in [0.4, 0.5) is 5.69 Å². The lowest BCUT2D eigenvalue weighted by Gasteiger charge is -2.12. The fraction of sp³-hybridized carbons (Fsp3) is 0.250. The minimum absolute atomic E-state index is 0.112. The summed E-state index contributed by atoms with van der Waals surface area (Å²) in [6.07, 6.45) is 3.40. The van der Waals surface area contributed by atoms with Crippen molar-refractivity contribution < 1.29 is 14.3 Å². The van der Waals surface area contributed by atoms with Gasteiger partial charge in [-0.15, -0.1) is 11.3 Å². The van der Waals surface area contributed by atoms with Gasteiger partial charge in [0.05, 0.1) is 16.8 Å². The second kappa shape index (κ2) is 10.1. The van der Waals surface area contributed by atoms with Gasteiger partial charge in [-0.2, -0.15) is 0 Å². The molecule has 0 aliphatic rings. The number of hydrogen-bond donors (Lipinski definition) is 1. The van der Waals surface area contributed by atoms with E-state index in [0.29, 0.717) is 6.61 Å². The molecule has 0 aliphatic heterocycles. The molecule has 5 nitrogen and oxygen atoms in total. The van der Waals surface area contributed by atoms with Crippen molar-refractivity contribution in [2.24, 2.45) is 0 Å². The van der Waals surface area contributed by atoms with Gasteiger partial charge in [-0.25, -0.2) is 4.98 Å². The molecule has 156 valence electrons. The van der Waals surface area contributed by atoms with Crippen LogP contribution in [0.2, 0.25) is 0 Å². The quantitative estimate of drug-likeness (QED) is 0.468. The van der Waals surface area contributed by atoms with Crippen LogP contribution in [0.1, 0.15) is 35.7 Å². The minimum atomic E-state index is -0.185. The number of amides is 1. The van der Waals surface area contributed by atoms with Crippen molar-refractivity contribution in [2.75, 3.05) is 5.32 Å². The van der Waals surface area contributed by atoms with Gasteiger partial charge in [-0.3, -0.25) is 4.79 Å². The highest BCUT2D eigenvalue weighted by Crippen LogP contribution is 2.22. The van der Waals surface area contributed by atoms with E-state index in [4.69, 9.17) is 9.47 Å². The Labute approximate surface area is 181 Å². The Morgan fingerprint density at radius 3 is 2.50 bits per heavy atom. The van der Waals surface area contributed by atoms with Crippen molar-refractivity contribution in [3.8, 4) is 11.5 Å². The average Bonchev–Trinajstić information content (AvgIpc) is 3.12. The van der Waals surface area contributed by atoms with Crippen LogP contribution in [0.5, 0.6) is 11.5 Å². The van der Waals surface area contributed by atoms with Crippen LogP contribution < -0.4 is 14.8 Å². The lowest BCUT2D eigenvalue weighted by Crippen LogP contribution is -2.10. The minimum Gasteiger partial charge on any atom is -0.491 e. The standard InChI is InChI=1S/C24H26N2O3S/c1-16(2)29-22-10-11-23(17(3)13-22)26-24(27)12-7-19-5-8-21(9-6-19)28-14-20-15-30-18(4)25-20/h5-13,15-16H,14H2,1-4H3,(H,26,27)/b12-7+. The molecular formula is C24H26N2O3S. The molecule has 3 rings (SSSR count). The van der Waals surface area contributed by atoms with Crippen molar-refractivity contribution in [2.45, 2.75) is 40.4 Å². The maximum atomic E-state index is 12.3. The van der Waals surface area contributed by atoms with Gasteiger partial charge in [0.1, 0.15) is 18.1 Å². The molecule has 0 unspecified atom stereocenters. The van der Waals surface area contributed by atoms with Gasteiger partial charge in [0.25, 0.3) is 0 Å². The normalized spacial score (nSPS) is 11.1. The van der Waals surface area contributed by atoms with Crippen molar-refractivity contribution in [3.63, 3.8) is 0 Å². The zero-order chi connectivity index (χ0) is 21.5. The first kappa shape index (κ1) is 21.6. The van der Waals surface area contributed by atoms with Gasteiger partial charge >= 0.3 is 0 Å². The first-order valence-corrected chi connectivity index (χ1v) is 10.7. The number of carbonyl (C=O) groups excluding carboxylic acids is 1. The summed E-state index contributed by atoms with van der Waals surface area (Å²) < 4.78 is 11.4. The summed E-state index contributed by atoms with van der Waals surface area (Å²) in [5, 5.41) is 5.93. The summed E-state index contributed by atoms with van der Waals surface area (Å²) in [7, 11) is 0. The number of aromatic nitrogens is 1. The Morgan fingerprint density at radius 1 is 1.13 bits per heavy atom. The fourth-order valence-electron chi connectivity index (χ4n) is 2.78. The van der Waals surface area contributed by atoms with Crippen molar-refractivity contribution in [3.05, 3.63) is 75.7 Å². The third-order valence-corrected chi connectivity index (χ3v) is 5.01. The van der Waals surface area contributed by atoms with Crippen LogP contribution in [0.15, 0.2) is 53.9 Å². The van der Waals surface area contributed by atoms with E-state index in [2.05, 4.69) is 10.3 Å². The van der Waals surface area contributed by atoms with E-state index in [1.807, 2.05) is 75.5 Å². The number of hydrogen-bond acceptors (Lipinski definition) is 5. The Balaban J connectivity index is 1.53. The van der Waals surface area contributed by atoms with Crippen molar-refractivity contribution >= 4 is 29.0 Å². The van der Waals surface area contributed by atoms with Crippen LogP contribution >= 0.6 is 11.3 Å². The highest BCUT2D eigenvalue weighted by atomic mass is 32.1. The number of thiazole rings is 1. The molecule has 0 saturated carbocycles. The number of rotatable bonds is 8. The summed E-state index contributed by atoms with van der Waals surface area (Å²) in [4.78, 5) is 16.6. The number of carbonyl (C=O) groups is 1. The molecule has 0 aliphatic carbocycles. The van der Waals surface area contributed by atoms with Crippen LogP contribution in [0, 0.1) is 13.8 Å². The van der Waals surface area contributed by atoms with E-state index < -0.39 is 0 Å². The van der Waals surface area contributed by atoms with Gasteiger partial charge in [-0.1, -0.05) is 12.1 Å². The smallest absolute Gasteiger partial charge is 0.248 e. The molecule has 0 fully saturated rings. The van der Waals surface area contributed by atoms with Gasteiger partial charge in [0.2, 0.25) is 5.91 Å². The highest BCUT2D eigenvalue weighted by Gasteiger charge is 2.05. The molecule has 0 radical (unpaired) electrons. The highest BCUT2D eigenvalue weighted by molar-refractivity contribution is 7.09. The Morgan fingerprint density at radius 2 is 1.87 bits per heavy atom. The van der Waals surface area contributed by atoms with Crippen LogP contribution in [-0.4, -0.2) is 17.0 Å². The summed E-state index contributed by atoms with van der Waals surface area (Å²) in [6, 6.07) is 13.2. The SMILES string of the molecule is Cc1nc(COc2ccc(/C=C/C(=O)Nc3ccc(OC(C)C)cc3C)cc2)cs1. The molecule has 1 N–H and O–H groups in total. The Kier molecular flexibility index (Phi) is 7.25. The molecule has 30 heavy (non-hydrogen) atoms. The Bertz CT molecular complexity index is 1020. The van der Waals surface area contributed by atoms with Crippen molar-refractivity contribution in [1.29, 1.82) is 0 Å². The van der Waals surface area contributed by atoms with E-state index in [1.165, 1.54) is 6.08 Å².